The summed E-state index contributed by atoms with van der Waals surface area (Å²) < 4.78 is 4.41. The van der Waals surface area contributed by atoms with Crippen LogP contribution in [-0.4, -0.2) is 17.7 Å². The predicted molar refractivity (Wildman–Crippen MR) is 89.9 cm³/mol. The number of esters is 2. The van der Waals surface area contributed by atoms with Crippen molar-refractivity contribution in [3.8, 4) is 0 Å². The van der Waals surface area contributed by atoms with E-state index in [1.165, 1.54) is 57.8 Å². The Morgan fingerprint density at radius 2 is 1.35 bits per heavy atom. The zero-order valence-electron chi connectivity index (χ0n) is 14.6. The van der Waals surface area contributed by atoms with Gasteiger partial charge in [0.05, 0.1) is 6.42 Å². The average molecular weight is 324 g/mol. The topological polar surface area (TPSA) is 60.4 Å². The van der Waals surface area contributed by atoms with Gasteiger partial charge in [0.1, 0.15) is 11.7 Å². The number of Topliss-reactive ketones (excluding diaryl/α,β-unsaturated/α-hetero) is 1. The number of carbonyl (C=O) groups excluding carboxylic acids is 3. The number of cyclic esters (lactones) is 2. The van der Waals surface area contributed by atoms with Crippen molar-refractivity contribution in [2.45, 2.75) is 96.8 Å². The fraction of sp³-hybridized carbons (Fsp3) is 0.842. The summed E-state index contributed by atoms with van der Waals surface area (Å²) in [6, 6.07) is 0. The molecule has 1 saturated heterocycles. The molecule has 1 unspecified atom stereocenters. The van der Waals surface area contributed by atoms with E-state index < -0.39 is 17.9 Å². The molecular formula is C19H32O4. The third-order valence-electron chi connectivity index (χ3n) is 4.54. The number of hydrogen-bond acceptors (Lipinski definition) is 4. The summed E-state index contributed by atoms with van der Waals surface area (Å²) in [5.74, 6) is -2.18. The van der Waals surface area contributed by atoms with Crippen molar-refractivity contribution in [1.82, 2.24) is 0 Å². The van der Waals surface area contributed by atoms with Crippen LogP contribution in [0.3, 0.4) is 0 Å². The van der Waals surface area contributed by atoms with Gasteiger partial charge in [-0.1, -0.05) is 77.6 Å². The van der Waals surface area contributed by atoms with E-state index >= 15 is 0 Å². The first-order valence-corrected chi connectivity index (χ1v) is 9.42. The Hall–Kier alpha value is -1.19. The number of carbonyl (C=O) groups is 3. The zero-order valence-corrected chi connectivity index (χ0v) is 14.6. The second kappa shape index (κ2) is 12.3. The quantitative estimate of drug-likeness (QED) is 0.263. The van der Waals surface area contributed by atoms with Gasteiger partial charge in [-0.25, -0.2) is 0 Å². The molecule has 1 aliphatic rings. The Kier molecular flexibility index (Phi) is 10.6. The lowest BCUT2D eigenvalue weighted by atomic mass is 9.97. The van der Waals surface area contributed by atoms with Crippen LogP contribution >= 0.6 is 0 Å². The number of ether oxygens (including phenoxy) is 1. The molecule has 1 fully saturated rings. The lowest BCUT2D eigenvalue weighted by molar-refractivity contribution is -0.153. The molecule has 1 aliphatic heterocycles. The fourth-order valence-electron chi connectivity index (χ4n) is 3.03. The zero-order chi connectivity index (χ0) is 16.9. The van der Waals surface area contributed by atoms with E-state index in [1.54, 1.807) is 0 Å². The van der Waals surface area contributed by atoms with Crippen molar-refractivity contribution in [1.29, 1.82) is 0 Å². The van der Waals surface area contributed by atoms with E-state index in [1.807, 2.05) is 0 Å². The summed E-state index contributed by atoms with van der Waals surface area (Å²) in [6.45, 7) is 2.24. The Balaban J connectivity index is 1.87. The van der Waals surface area contributed by atoms with Crippen LogP contribution in [0.5, 0.6) is 0 Å². The van der Waals surface area contributed by atoms with Gasteiger partial charge in [0, 0.05) is 6.42 Å². The van der Waals surface area contributed by atoms with Gasteiger partial charge in [-0.3, -0.25) is 14.4 Å². The molecule has 0 amide bonds. The number of unbranched alkanes of at least 4 members (excludes halogenated alkanes) is 11. The van der Waals surface area contributed by atoms with Crippen LogP contribution in [-0.2, 0) is 19.1 Å². The second-order valence-electron chi connectivity index (χ2n) is 6.66. The van der Waals surface area contributed by atoms with Gasteiger partial charge in [-0.2, -0.15) is 0 Å². The molecule has 4 heteroatoms. The molecule has 23 heavy (non-hydrogen) atoms. The van der Waals surface area contributed by atoms with Gasteiger partial charge in [0.2, 0.25) is 0 Å². The Bertz CT molecular complexity index is 376. The first-order valence-electron chi connectivity index (χ1n) is 9.42. The summed E-state index contributed by atoms with van der Waals surface area (Å²) in [4.78, 5) is 34.1. The summed E-state index contributed by atoms with van der Waals surface area (Å²) in [5, 5.41) is 0. The van der Waals surface area contributed by atoms with Gasteiger partial charge < -0.3 is 4.74 Å². The molecule has 132 valence electrons. The lowest BCUT2D eigenvalue weighted by Gasteiger charge is -2.04. The molecule has 1 rings (SSSR count). The van der Waals surface area contributed by atoms with Gasteiger partial charge in [-0.05, 0) is 6.42 Å². The van der Waals surface area contributed by atoms with E-state index in [0.717, 1.165) is 19.3 Å². The Labute approximate surface area is 140 Å². The van der Waals surface area contributed by atoms with E-state index in [2.05, 4.69) is 11.7 Å². The van der Waals surface area contributed by atoms with E-state index in [4.69, 9.17) is 0 Å². The van der Waals surface area contributed by atoms with Crippen molar-refractivity contribution in [3.63, 3.8) is 0 Å². The number of ketones is 1. The molecular weight excluding hydrogens is 292 g/mol. The molecule has 4 nitrogen and oxygen atoms in total. The third kappa shape index (κ3) is 8.87. The molecule has 1 atom stereocenters. The normalized spacial score (nSPS) is 17.5. The molecule has 0 N–H and O–H groups in total. The van der Waals surface area contributed by atoms with E-state index in [-0.39, 0.29) is 12.2 Å². The standard InChI is InChI=1S/C19H32O4/c1-2-3-4-5-6-7-8-9-10-11-12-13-14-17(20)16-15-18(21)23-19(16)22/h16H,2-15H2,1H3. The Morgan fingerprint density at radius 1 is 0.870 bits per heavy atom. The fourth-order valence-corrected chi connectivity index (χ4v) is 3.03. The first-order chi connectivity index (χ1) is 11.1. The minimum Gasteiger partial charge on any atom is -0.393 e. The van der Waals surface area contributed by atoms with Gasteiger partial charge in [0.25, 0.3) is 0 Å². The number of rotatable bonds is 14. The second-order valence-corrected chi connectivity index (χ2v) is 6.66. The summed E-state index contributed by atoms with van der Waals surface area (Å²) in [6.07, 6.45) is 15.3. The molecule has 0 saturated carbocycles. The van der Waals surface area contributed by atoms with Crippen LogP contribution in [0.25, 0.3) is 0 Å². The molecule has 1 heterocycles. The first kappa shape index (κ1) is 19.9. The lowest BCUT2D eigenvalue weighted by Crippen LogP contribution is -2.18. The average Bonchev–Trinajstić information content (AvgIpc) is 2.87. The Morgan fingerprint density at radius 3 is 1.78 bits per heavy atom. The van der Waals surface area contributed by atoms with E-state index in [0.29, 0.717) is 6.42 Å². The highest BCUT2D eigenvalue weighted by molar-refractivity contribution is 6.08. The van der Waals surface area contributed by atoms with Crippen LogP contribution < -0.4 is 0 Å². The highest BCUT2D eigenvalue weighted by Crippen LogP contribution is 2.20. The maximum atomic E-state index is 11.8. The van der Waals surface area contributed by atoms with Crippen LogP contribution in [0.1, 0.15) is 96.8 Å². The van der Waals surface area contributed by atoms with Crippen molar-refractivity contribution in [2.24, 2.45) is 5.92 Å². The monoisotopic (exact) mass is 324 g/mol. The highest BCUT2D eigenvalue weighted by atomic mass is 16.6. The maximum Gasteiger partial charge on any atom is 0.324 e. The van der Waals surface area contributed by atoms with Crippen molar-refractivity contribution >= 4 is 17.7 Å². The molecule has 0 aromatic heterocycles. The number of hydrogen-bond donors (Lipinski definition) is 0. The molecule has 0 aromatic rings. The van der Waals surface area contributed by atoms with Gasteiger partial charge in [-0.15, -0.1) is 0 Å². The summed E-state index contributed by atoms with van der Waals surface area (Å²) >= 11 is 0. The smallest absolute Gasteiger partial charge is 0.324 e. The van der Waals surface area contributed by atoms with Crippen molar-refractivity contribution < 1.29 is 19.1 Å². The molecule has 0 aliphatic carbocycles. The molecule has 0 aromatic carbocycles. The van der Waals surface area contributed by atoms with Crippen LogP contribution in [0.2, 0.25) is 0 Å². The minimum atomic E-state index is -0.824. The summed E-state index contributed by atoms with van der Waals surface area (Å²) in [7, 11) is 0. The molecule has 0 bridgehead atoms. The van der Waals surface area contributed by atoms with E-state index in [9.17, 15) is 14.4 Å². The molecule has 0 radical (unpaired) electrons. The van der Waals surface area contributed by atoms with Crippen molar-refractivity contribution in [2.75, 3.05) is 0 Å². The minimum absolute atomic E-state index is 0.0596. The van der Waals surface area contributed by atoms with Gasteiger partial charge >= 0.3 is 11.9 Å². The van der Waals surface area contributed by atoms with Crippen molar-refractivity contribution in [3.05, 3.63) is 0 Å². The third-order valence-corrected chi connectivity index (χ3v) is 4.54. The van der Waals surface area contributed by atoms with Crippen LogP contribution in [0, 0.1) is 5.92 Å². The SMILES string of the molecule is CCCCCCCCCCCCCCC(=O)C1CC(=O)OC1=O. The predicted octanol–water partition coefficient (Wildman–Crippen LogP) is 4.74. The van der Waals surface area contributed by atoms with Crippen LogP contribution in [0.4, 0.5) is 0 Å². The van der Waals surface area contributed by atoms with Gasteiger partial charge in [0.15, 0.2) is 0 Å². The summed E-state index contributed by atoms with van der Waals surface area (Å²) in [5.41, 5.74) is 0. The largest absolute Gasteiger partial charge is 0.393 e. The maximum absolute atomic E-state index is 11.8. The molecule has 0 spiro atoms. The van der Waals surface area contributed by atoms with Crippen LogP contribution in [0.15, 0.2) is 0 Å². The highest BCUT2D eigenvalue weighted by Gasteiger charge is 2.38.